The Morgan fingerprint density at radius 2 is 1.64 bits per heavy atom. The first-order chi connectivity index (χ1) is 20.5. The molecule has 42 heavy (non-hydrogen) atoms. The van der Waals surface area contributed by atoms with Gasteiger partial charge in [-0.25, -0.2) is 4.79 Å². The fraction of sp³-hybridized carbons (Fsp3) is 0.611. The van der Waals surface area contributed by atoms with Crippen molar-refractivity contribution in [1.82, 2.24) is 4.90 Å². The lowest BCUT2D eigenvalue weighted by Gasteiger charge is -2.58. The second kappa shape index (κ2) is 10.3. The normalized spacial score (nSPS) is 35.6. The number of carbonyl (C=O) groups excluding carboxylic acids is 2. The third-order valence-corrected chi connectivity index (χ3v) is 12.1. The SMILES string of the molecule is O=C(OCc1ccccc1)N1CC[C@]23CCCC[C@H]2[C@H]1Cc1ccc(OCOC(=O)C24CC5CC(CC(C5)C2)C4)cc13. The summed E-state index contributed by atoms with van der Waals surface area (Å²) in [6, 6.07) is 16.5. The van der Waals surface area contributed by atoms with E-state index < -0.39 is 0 Å². The van der Waals surface area contributed by atoms with Crippen molar-refractivity contribution in [3.05, 3.63) is 65.2 Å². The maximum atomic E-state index is 13.3. The number of ether oxygens (including phenoxy) is 3. The molecule has 6 nitrogen and oxygen atoms in total. The molecule has 3 atom stereocenters. The van der Waals surface area contributed by atoms with Crippen molar-refractivity contribution < 1.29 is 23.8 Å². The van der Waals surface area contributed by atoms with Gasteiger partial charge in [0.05, 0.1) is 5.41 Å². The van der Waals surface area contributed by atoms with Gasteiger partial charge >= 0.3 is 12.1 Å². The maximum absolute atomic E-state index is 13.3. The van der Waals surface area contributed by atoms with Gasteiger partial charge in [-0.05, 0) is 117 Å². The first-order valence-corrected chi connectivity index (χ1v) is 16.4. The Morgan fingerprint density at radius 1 is 0.881 bits per heavy atom. The van der Waals surface area contributed by atoms with E-state index in [4.69, 9.17) is 14.2 Å². The van der Waals surface area contributed by atoms with Crippen LogP contribution in [0.1, 0.15) is 87.3 Å². The lowest BCUT2D eigenvalue weighted by Crippen LogP contribution is -2.62. The number of nitrogens with zero attached hydrogens (tertiary/aromatic N) is 1. The minimum atomic E-state index is -0.256. The fourth-order valence-electron chi connectivity index (χ4n) is 10.8. The molecule has 0 aromatic heterocycles. The lowest BCUT2D eigenvalue weighted by atomic mass is 9.49. The number of hydrogen-bond donors (Lipinski definition) is 0. The molecule has 1 amide bonds. The van der Waals surface area contributed by atoms with Crippen LogP contribution in [0.4, 0.5) is 4.79 Å². The molecule has 1 heterocycles. The Morgan fingerprint density at radius 3 is 2.40 bits per heavy atom. The number of benzene rings is 2. The van der Waals surface area contributed by atoms with Crippen molar-refractivity contribution >= 4 is 12.1 Å². The van der Waals surface area contributed by atoms with Gasteiger partial charge in [-0.3, -0.25) is 4.79 Å². The van der Waals surface area contributed by atoms with E-state index in [1.807, 2.05) is 41.3 Å². The molecular formula is C36H43NO5. The quantitative estimate of drug-likeness (QED) is 0.272. The largest absolute Gasteiger partial charge is 0.457 e. The molecule has 0 N–H and O–H groups in total. The van der Waals surface area contributed by atoms with Crippen LogP contribution in [0, 0.1) is 29.1 Å². The Labute approximate surface area is 249 Å². The van der Waals surface area contributed by atoms with Crippen molar-refractivity contribution in [3.63, 3.8) is 0 Å². The number of hydrogen-bond acceptors (Lipinski definition) is 5. The third kappa shape index (κ3) is 4.43. The van der Waals surface area contributed by atoms with Crippen LogP contribution in [-0.4, -0.2) is 36.3 Å². The summed E-state index contributed by atoms with van der Waals surface area (Å²) in [5, 5.41) is 0. The second-order valence-corrected chi connectivity index (χ2v) is 14.5. The van der Waals surface area contributed by atoms with Gasteiger partial charge in [0, 0.05) is 18.0 Å². The zero-order valence-electron chi connectivity index (χ0n) is 24.6. The predicted octanol–water partition coefficient (Wildman–Crippen LogP) is 7.18. The van der Waals surface area contributed by atoms with E-state index in [1.165, 1.54) is 43.2 Å². The molecule has 1 saturated heterocycles. The molecule has 6 heteroatoms. The van der Waals surface area contributed by atoms with Crippen LogP contribution in [0.25, 0.3) is 0 Å². The van der Waals surface area contributed by atoms with Gasteiger partial charge in [0.15, 0.2) is 0 Å². The Balaban J connectivity index is 0.957. The Hall–Kier alpha value is -3.02. The number of piperidine rings is 1. The minimum Gasteiger partial charge on any atom is -0.457 e. The van der Waals surface area contributed by atoms with Gasteiger partial charge in [0.25, 0.3) is 0 Å². The summed E-state index contributed by atoms with van der Waals surface area (Å²) in [4.78, 5) is 28.7. The summed E-state index contributed by atoms with van der Waals surface area (Å²) in [6.07, 6.45) is 13.3. The smallest absolute Gasteiger partial charge is 0.410 e. The van der Waals surface area contributed by atoms with E-state index >= 15 is 0 Å². The van der Waals surface area contributed by atoms with E-state index in [0.29, 0.717) is 30.3 Å². The Kier molecular flexibility index (Phi) is 6.53. The molecular weight excluding hydrogens is 526 g/mol. The van der Waals surface area contributed by atoms with Crippen LogP contribution in [0.2, 0.25) is 0 Å². The summed E-state index contributed by atoms with van der Waals surface area (Å²) >= 11 is 0. The molecule has 6 bridgehead atoms. The zero-order valence-corrected chi connectivity index (χ0v) is 24.6. The van der Waals surface area contributed by atoms with Crippen LogP contribution in [0.5, 0.6) is 5.75 Å². The lowest BCUT2D eigenvalue weighted by molar-refractivity contribution is -0.177. The van der Waals surface area contributed by atoms with Gasteiger partial charge in [0.2, 0.25) is 6.79 Å². The molecule has 5 saturated carbocycles. The van der Waals surface area contributed by atoms with Crippen LogP contribution in [0.15, 0.2) is 48.5 Å². The molecule has 0 unspecified atom stereocenters. The summed E-state index contributed by atoms with van der Waals surface area (Å²) in [5.74, 6) is 3.34. The second-order valence-electron chi connectivity index (χ2n) is 14.5. The number of esters is 1. The summed E-state index contributed by atoms with van der Waals surface area (Å²) in [6.45, 7) is 1.02. The molecule has 2 aromatic rings. The summed E-state index contributed by atoms with van der Waals surface area (Å²) in [5.41, 5.74) is 3.54. The van der Waals surface area contributed by atoms with Crippen molar-refractivity contribution in [2.24, 2.45) is 29.1 Å². The average molecular weight is 570 g/mol. The third-order valence-electron chi connectivity index (χ3n) is 12.1. The number of amides is 1. The van der Waals surface area contributed by atoms with Gasteiger partial charge in [-0.1, -0.05) is 49.2 Å². The van der Waals surface area contributed by atoms with E-state index in [9.17, 15) is 9.59 Å². The molecule has 6 fully saturated rings. The summed E-state index contributed by atoms with van der Waals surface area (Å²) in [7, 11) is 0. The standard InChI is InChI=1S/C36H43NO5/c38-33(35-19-25-14-26(20-35)16-27(15-25)21-35)42-23-41-29-10-9-28-17-32-30-8-4-5-11-36(30,31(28)18-29)12-13-37(32)34(39)40-22-24-6-2-1-3-7-24/h1-3,6-7,9-10,18,25-27,30,32H,4-5,8,11-17,19-23H2/t25?,26?,27?,30-,32+,35?,36+/m0/s1. The minimum absolute atomic E-state index is 0.0144. The van der Waals surface area contributed by atoms with E-state index in [0.717, 1.165) is 62.8 Å². The van der Waals surface area contributed by atoms with Crippen molar-refractivity contribution in [2.75, 3.05) is 13.3 Å². The van der Waals surface area contributed by atoms with Gasteiger partial charge in [0.1, 0.15) is 12.4 Å². The number of carbonyl (C=O) groups is 2. The maximum Gasteiger partial charge on any atom is 0.410 e. The Bertz CT molecular complexity index is 1320. The zero-order chi connectivity index (χ0) is 28.3. The first kappa shape index (κ1) is 26.6. The first-order valence-electron chi connectivity index (χ1n) is 16.4. The predicted molar refractivity (Wildman–Crippen MR) is 158 cm³/mol. The molecule has 0 spiro atoms. The topological polar surface area (TPSA) is 65.1 Å². The van der Waals surface area contributed by atoms with E-state index in [2.05, 4.69) is 12.1 Å². The highest BCUT2D eigenvalue weighted by atomic mass is 16.7. The average Bonchev–Trinajstić information content (AvgIpc) is 3.00. The highest BCUT2D eigenvalue weighted by Crippen LogP contribution is 2.60. The van der Waals surface area contributed by atoms with E-state index in [-0.39, 0.29) is 35.7 Å². The number of likely N-dealkylation sites (tertiary alicyclic amines) is 1. The van der Waals surface area contributed by atoms with E-state index in [1.54, 1.807) is 0 Å². The molecule has 2 aromatic carbocycles. The van der Waals surface area contributed by atoms with Crippen molar-refractivity contribution in [1.29, 1.82) is 0 Å². The number of rotatable bonds is 6. The molecule has 9 rings (SSSR count). The highest BCUT2D eigenvalue weighted by Gasteiger charge is 2.56. The van der Waals surface area contributed by atoms with Gasteiger partial charge in [-0.2, -0.15) is 0 Å². The molecule has 6 aliphatic carbocycles. The van der Waals surface area contributed by atoms with Crippen LogP contribution < -0.4 is 4.74 Å². The fourth-order valence-corrected chi connectivity index (χ4v) is 10.8. The van der Waals surface area contributed by atoms with Crippen LogP contribution in [-0.2, 0) is 32.7 Å². The molecule has 7 aliphatic rings. The van der Waals surface area contributed by atoms with Gasteiger partial charge < -0.3 is 19.1 Å². The van der Waals surface area contributed by atoms with Crippen LogP contribution >= 0.6 is 0 Å². The van der Waals surface area contributed by atoms with Crippen LogP contribution in [0.3, 0.4) is 0 Å². The molecule has 1 aliphatic heterocycles. The summed E-state index contributed by atoms with van der Waals surface area (Å²) < 4.78 is 17.8. The molecule has 0 radical (unpaired) electrons. The number of fused-ring (bicyclic) bond motifs is 1. The van der Waals surface area contributed by atoms with Crippen molar-refractivity contribution in [3.8, 4) is 5.75 Å². The molecule has 222 valence electrons. The monoisotopic (exact) mass is 569 g/mol. The van der Waals surface area contributed by atoms with Crippen molar-refractivity contribution in [2.45, 2.75) is 95.1 Å². The van der Waals surface area contributed by atoms with Gasteiger partial charge in [-0.15, -0.1) is 0 Å². The highest BCUT2D eigenvalue weighted by molar-refractivity contribution is 5.77.